The molecule has 0 spiro atoms. The maximum atomic E-state index is 10.7. The van der Waals surface area contributed by atoms with Crippen LogP contribution in [0, 0.1) is 6.92 Å². The van der Waals surface area contributed by atoms with E-state index in [0.717, 1.165) is 40.4 Å². The number of hydrogen-bond acceptors (Lipinski definition) is 18. The number of aryl methyl sites for hydroxylation is 1. The van der Waals surface area contributed by atoms with Gasteiger partial charge in [0.15, 0.2) is 11.5 Å². The minimum atomic E-state index is -3.67. The molecular formula is C44H62N6O11S3. The van der Waals surface area contributed by atoms with Crippen molar-refractivity contribution in [2.24, 2.45) is 20.5 Å². The van der Waals surface area contributed by atoms with E-state index >= 15 is 0 Å². The number of benzene rings is 6. The second-order valence-electron chi connectivity index (χ2n) is 11.3. The molecular weight excluding hydrogens is 885 g/mol. The van der Waals surface area contributed by atoms with Crippen molar-refractivity contribution in [2.75, 3.05) is 34.4 Å². The molecule has 0 fully saturated rings. The molecule has 6 aromatic rings. The number of phenols is 2. The minimum Gasteiger partial charge on any atom is -0.505 e. The minimum absolute atomic E-state index is 0.00526. The van der Waals surface area contributed by atoms with Crippen molar-refractivity contribution in [1.29, 1.82) is 0 Å². The molecule has 0 atom stereocenters. The van der Waals surface area contributed by atoms with Gasteiger partial charge in [0.1, 0.15) is 11.4 Å². The normalized spacial score (nSPS) is 10.1. The van der Waals surface area contributed by atoms with E-state index in [9.17, 15) is 18.6 Å². The molecule has 17 nitrogen and oxygen atoms in total. The largest absolute Gasteiger partial charge is 0.505 e. The zero-order valence-electron chi connectivity index (χ0n) is 38.2. The fraction of sp³-hybridized carbons (Fsp3) is 0.273. The lowest BCUT2D eigenvalue weighted by atomic mass is 10.0. The zero-order chi connectivity index (χ0) is 48.9. The van der Waals surface area contributed by atoms with Crippen LogP contribution in [0.25, 0.3) is 21.5 Å². The quantitative estimate of drug-likeness (QED) is 0.0222. The highest BCUT2D eigenvalue weighted by Gasteiger charge is 2.17. The van der Waals surface area contributed by atoms with Gasteiger partial charge in [-0.05, 0) is 87.8 Å². The first-order valence-electron chi connectivity index (χ1n) is 19.7. The molecule has 64 heavy (non-hydrogen) atoms. The summed E-state index contributed by atoms with van der Waals surface area (Å²) in [5, 5.41) is 70.1. The van der Waals surface area contributed by atoms with E-state index in [1.54, 1.807) is 42.5 Å². The molecule has 0 bridgehead atoms. The lowest BCUT2D eigenvalue weighted by Gasteiger charge is -2.10. The molecule has 0 amide bonds. The number of nitrogens with one attached hydrogen (secondary N) is 2. The predicted molar refractivity (Wildman–Crippen MR) is 260 cm³/mol. The lowest BCUT2D eigenvalue weighted by Crippen LogP contribution is -1.89. The van der Waals surface area contributed by atoms with Crippen molar-refractivity contribution in [3.8, 4) is 11.5 Å². The van der Waals surface area contributed by atoms with Crippen LogP contribution in [-0.4, -0.2) is 68.1 Å². The second kappa shape index (κ2) is 37.3. The molecule has 6 aromatic carbocycles. The molecule has 0 saturated carbocycles. The molecule has 0 aliphatic rings. The first-order chi connectivity index (χ1) is 30.8. The topological polar surface area (TPSA) is 246 Å². The van der Waals surface area contributed by atoms with Crippen LogP contribution in [-0.2, 0) is 28.9 Å². The van der Waals surface area contributed by atoms with Crippen LogP contribution < -0.4 is 10.6 Å². The SMILES string of the molecule is CC.CC.CC.CNC.CNC.CS(=O)(=O)O.Cc1cccc2cc(SOOO)c(N=Nc3ccccc3)c(O)c12.OOOSc1cc2ccccc2c(O)c1N=Nc1ccccc1. The molecule has 0 aromatic heterocycles. The summed E-state index contributed by atoms with van der Waals surface area (Å²) in [5.41, 5.74) is 2.68. The molecule has 0 aliphatic carbocycles. The van der Waals surface area contributed by atoms with Gasteiger partial charge in [0, 0.05) is 10.8 Å². The highest BCUT2D eigenvalue weighted by atomic mass is 32.2. The van der Waals surface area contributed by atoms with Crippen LogP contribution in [0.5, 0.6) is 11.5 Å². The summed E-state index contributed by atoms with van der Waals surface area (Å²) < 4.78 is 34.8. The van der Waals surface area contributed by atoms with Crippen LogP contribution in [0.1, 0.15) is 47.1 Å². The smallest absolute Gasteiger partial charge is 0.261 e. The monoisotopic (exact) mass is 946 g/mol. The van der Waals surface area contributed by atoms with E-state index in [2.05, 4.69) is 49.8 Å². The van der Waals surface area contributed by atoms with Gasteiger partial charge in [0.05, 0.1) is 51.5 Å². The summed E-state index contributed by atoms with van der Waals surface area (Å²) in [6.45, 7) is 13.9. The van der Waals surface area contributed by atoms with E-state index < -0.39 is 10.1 Å². The van der Waals surface area contributed by atoms with Gasteiger partial charge in [0.25, 0.3) is 10.1 Å². The van der Waals surface area contributed by atoms with E-state index in [1.807, 2.05) is 149 Å². The Morgan fingerprint density at radius 3 is 1.33 bits per heavy atom. The average Bonchev–Trinajstić information content (AvgIpc) is 3.30. The first kappa shape index (κ1) is 61.0. The number of azo groups is 2. The van der Waals surface area contributed by atoms with Crippen molar-refractivity contribution < 1.29 is 52.4 Å². The highest BCUT2D eigenvalue weighted by molar-refractivity contribution is 7.95. The van der Waals surface area contributed by atoms with Crippen LogP contribution in [0.15, 0.2) is 146 Å². The molecule has 0 saturated heterocycles. The molecule has 6 rings (SSSR count). The summed E-state index contributed by atoms with van der Waals surface area (Å²) in [6.07, 6.45) is 0.715. The third kappa shape index (κ3) is 24.1. The van der Waals surface area contributed by atoms with Crippen LogP contribution in [0.4, 0.5) is 22.7 Å². The molecule has 0 unspecified atom stereocenters. The van der Waals surface area contributed by atoms with Gasteiger partial charge in [-0.15, -0.1) is 18.9 Å². The Morgan fingerprint density at radius 1 is 0.547 bits per heavy atom. The van der Waals surface area contributed by atoms with Crippen molar-refractivity contribution in [3.63, 3.8) is 0 Å². The summed E-state index contributed by atoms with van der Waals surface area (Å²) in [4.78, 5) is 0.911. The number of hydrogen-bond donors (Lipinski definition) is 7. The third-order valence-corrected chi connectivity index (χ3v) is 7.84. The van der Waals surface area contributed by atoms with Gasteiger partial charge in [-0.25, -0.2) is 10.5 Å². The van der Waals surface area contributed by atoms with E-state index in [-0.39, 0.29) is 22.9 Å². The van der Waals surface area contributed by atoms with Crippen molar-refractivity contribution in [1.82, 2.24) is 10.6 Å². The van der Waals surface area contributed by atoms with Gasteiger partial charge >= 0.3 is 0 Å². The first-order valence-corrected chi connectivity index (χ1v) is 23.0. The second-order valence-corrected chi connectivity index (χ2v) is 14.2. The van der Waals surface area contributed by atoms with Crippen LogP contribution in [0.2, 0.25) is 0 Å². The maximum Gasteiger partial charge on any atom is 0.261 e. The molecule has 0 heterocycles. The Labute approximate surface area is 385 Å². The van der Waals surface area contributed by atoms with Gasteiger partial charge < -0.3 is 20.8 Å². The Kier molecular flexibility index (Phi) is 35.6. The maximum absolute atomic E-state index is 10.7. The standard InChI is InChI=1S/C17H14N2O4S.C16H12N2O4S.2C2H7N.3C2H6.CH4O3S/c1-11-6-5-7-12-10-14(24-23-22-21)16(17(20)15(11)12)19-18-13-8-3-2-4-9-13;19-16-13-9-5-4-6-11(13)10-14(23-22-21-20)15(16)18-17-12-7-2-1-3-8-12;2*1-3-2;3*1-2;1-5(2,3)4/h2-10,20-21H,1H3;1-10,19-20H;2*3H,1-2H3;3*1-2H3;1H3,(H,2,3,4). The summed E-state index contributed by atoms with van der Waals surface area (Å²) in [7, 11) is 3.83. The van der Waals surface area contributed by atoms with Crippen LogP contribution in [0.3, 0.4) is 0 Å². The Bertz CT molecular complexity index is 2300. The van der Waals surface area contributed by atoms with Gasteiger partial charge in [-0.1, -0.05) is 130 Å². The van der Waals surface area contributed by atoms with Crippen molar-refractivity contribution in [3.05, 3.63) is 121 Å². The predicted octanol–water partition coefficient (Wildman–Crippen LogP) is 13.3. The molecule has 352 valence electrons. The summed E-state index contributed by atoms with van der Waals surface area (Å²) in [6, 6.07) is 34.8. The van der Waals surface area contributed by atoms with Crippen molar-refractivity contribution >= 4 is 78.5 Å². The third-order valence-electron chi connectivity index (χ3n) is 6.60. The van der Waals surface area contributed by atoms with E-state index in [1.165, 1.54) is 0 Å². The Morgan fingerprint density at radius 2 is 0.906 bits per heavy atom. The van der Waals surface area contributed by atoms with Crippen molar-refractivity contribution in [2.45, 2.75) is 58.3 Å². The van der Waals surface area contributed by atoms with Gasteiger partial charge in [-0.2, -0.15) is 18.6 Å². The number of phenolic OH excluding ortho intramolecular Hbond substituents is 2. The molecule has 0 aliphatic heterocycles. The molecule has 20 heteroatoms. The average molecular weight is 947 g/mol. The van der Waals surface area contributed by atoms with Gasteiger partial charge in [0.2, 0.25) is 0 Å². The van der Waals surface area contributed by atoms with Crippen LogP contribution >= 0.6 is 24.1 Å². The summed E-state index contributed by atoms with van der Waals surface area (Å²) >= 11 is 1.46. The Balaban J connectivity index is 0. The molecule has 0 radical (unpaired) electrons. The fourth-order valence-corrected chi connectivity index (χ4v) is 5.49. The zero-order valence-corrected chi connectivity index (χ0v) is 40.6. The highest BCUT2D eigenvalue weighted by Crippen LogP contribution is 2.45. The Hall–Kier alpha value is -5.07. The summed E-state index contributed by atoms with van der Waals surface area (Å²) in [5.74, 6) is -0.0267. The number of nitrogens with zero attached hydrogens (tertiary/aromatic N) is 4. The number of rotatable bonds is 10. The number of aromatic hydroxyl groups is 2. The van der Waals surface area contributed by atoms with Gasteiger partial charge in [-0.3, -0.25) is 4.55 Å². The lowest BCUT2D eigenvalue weighted by molar-refractivity contribution is -0.432. The molecule has 7 N–H and O–H groups in total. The van der Waals surface area contributed by atoms with E-state index in [4.69, 9.17) is 15.1 Å². The fourth-order valence-electron chi connectivity index (χ4n) is 4.50. The number of fused-ring (bicyclic) bond motifs is 2. The van der Waals surface area contributed by atoms with E-state index in [0.29, 0.717) is 38.2 Å².